The zero-order valence-corrected chi connectivity index (χ0v) is 11.1. The molecule has 0 spiro atoms. The quantitative estimate of drug-likeness (QED) is 0.714. The van der Waals surface area contributed by atoms with Gasteiger partial charge in [-0.2, -0.15) is 0 Å². The number of fused-ring (bicyclic) bond motifs is 1. The van der Waals surface area contributed by atoms with E-state index in [0.717, 1.165) is 23.7 Å². The molecule has 3 heteroatoms. The summed E-state index contributed by atoms with van der Waals surface area (Å²) in [5, 5.41) is 1.25. The first-order valence-electron chi connectivity index (χ1n) is 6.32. The smallest absolute Gasteiger partial charge is 0.122 e. The van der Waals surface area contributed by atoms with E-state index >= 15 is 0 Å². The highest BCUT2D eigenvalue weighted by Crippen LogP contribution is 2.18. The Morgan fingerprint density at radius 2 is 2.00 bits per heavy atom. The molecule has 0 aliphatic carbocycles. The van der Waals surface area contributed by atoms with Crippen LogP contribution in [0.4, 0.5) is 0 Å². The Morgan fingerprint density at radius 3 is 2.84 bits per heavy atom. The molecule has 0 saturated heterocycles. The minimum absolute atomic E-state index is 0.756. The van der Waals surface area contributed by atoms with Crippen molar-refractivity contribution in [3.8, 4) is 5.75 Å². The molecule has 2 aromatic heterocycles. The molecule has 0 aliphatic rings. The number of hydrogen-bond acceptors (Lipinski definition) is 2. The summed E-state index contributed by atoms with van der Waals surface area (Å²) < 4.78 is 7.50. The lowest BCUT2D eigenvalue weighted by molar-refractivity contribution is 0.413. The van der Waals surface area contributed by atoms with Gasteiger partial charge in [0.05, 0.1) is 19.3 Å². The van der Waals surface area contributed by atoms with E-state index in [1.165, 1.54) is 10.9 Å². The lowest BCUT2D eigenvalue weighted by Gasteiger charge is -2.08. The number of hydrogen-bond donors (Lipinski definition) is 0. The number of methoxy groups -OCH3 is 1. The first-order chi connectivity index (χ1) is 9.26. The summed E-state index contributed by atoms with van der Waals surface area (Å²) in [5.74, 6) is 0.860. The molecule has 0 fully saturated rings. The predicted molar refractivity (Wildman–Crippen MR) is 76.6 cm³/mol. The van der Waals surface area contributed by atoms with Crippen molar-refractivity contribution in [2.75, 3.05) is 7.11 Å². The number of ether oxygens (including phenoxy) is 1. The largest absolute Gasteiger partial charge is 0.497 e. The minimum Gasteiger partial charge on any atom is -0.497 e. The van der Waals surface area contributed by atoms with Crippen molar-refractivity contribution in [3.05, 3.63) is 60.0 Å². The summed E-state index contributed by atoms with van der Waals surface area (Å²) in [6.45, 7) is 2.74. The fourth-order valence-electron chi connectivity index (χ4n) is 2.35. The van der Waals surface area contributed by atoms with E-state index in [0.29, 0.717) is 0 Å². The average Bonchev–Trinajstić information content (AvgIpc) is 2.82. The number of benzene rings is 1. The van der Waals surface area contributed by atoms with Crippen LogP contribution in [0.15, 0.2) is 48.7 Å². The van der Waals surface area contributed by atoms with Gasteiger partial charge in [-0.3, -0.25) is 4.98 Å². The Bertz CT molecular complexity index is 716. The summed E-state index contributed by atoms with van der Waals surface area (Å²) in [5.41, 5.74) is 3.22. The van der Waals surface area contributed by atoms with Crippen molar-refractivity contribution in [1.82, 2.24) is 9.55 Å². The second-order valence-electron chi connectivity index (χ2n) is 4.64. The molecule has 0 N–H and O–H groups in total. The van der Waals surface area contributed by atoms with Crippen molar-refractivity contribution in [2.24, 2.45) is 0 Å². The number of aryl methyl sites for hydroxylation is 1. The molecule has 3 rings (SSSR count). The van der Waals surface area contributed by atoms with Gasteiger partial charge in [-0.1, -0.05) is 18.2 Å². The van der Waals surface area contributed by atoms with Crippen LogP contribution in [0.1, 0.15) is 11.4 Å². The third kappa shape index (κ3) is 2.32. The maximum atomic E-state index is 5.29. The highest BCUT2D eigenvalue weighted by Gasteiger charge is 2.04. The van der Waals surface area contributed by atoms with E-state index in [2.05, 4.69) is 46.1 Å². The van der Waals surface area contributed by atoms with E-state index in [1.54, 1.807) is 7.11 Å². The SMILES string of the molecule is COc1cc(C)nc(Cn2ccc3ccccc32)c1. The van der Waals surface area contributed by atoms with Crippen molar-refractivity contribution in [2.45, 2.75) is 13.5 Å². The van der Waals surface area contributed by atoms with E-state index in [1.807, 2.05) is 19.1 Å². The molecule has 0 unspecified atom stereocenters. The molecule has 0 atom stereocenters. The highest BCUT2D eigenvalue weighted by molar-refractivity contribution is 5.79. The van der Waals surface area contributed by atoms with Crippen LogP contribution >= 0.6 is 0 Å². The van der Waals surface area contributed by atoms with Crippen LogP contribution in [-0.4, -0.2) is 16.7 Å². The monoisotopic (exact) mass is 252 g/mol. The number of nitrogens with zero attached hydrogens (tertiary/aromatic N) is 2. The van der Waals surface area contributed by atoms with Gasteiger partial charge in [0, 0.05) is 29.5 Å². The summed E-state index contributed by atoms with van der Waals surface area (Å²) >= 11 is 0. The summed E-state index contributed by atoms with van der Waals surface area (Å²) in [6.07, 6.45) is 2.10. The van der Waals surface area contributed by atoms with Gasteiger partial charge in [0.1, 0.15) is 5.75 Å². The second-order valence-corrected chi connectivity index (χ2v) is 4.64. The number of aromatic nitrogens is 2. The standard InChI is InChI=1S/C16H16N2O/c1-12-9-15(19-2)10-14(17-12)11-18-8-7-13-5-3-4-6-16(13)18/h3-10H,11H2,1-2H3. The van der Waals surface area contributed by atoms with Crippen molar-refractivity contribution in [3.63, 3.8) is 0 Å². The van der Waals surface area contributed by atoms with Crippen LogP contribution in [0.5, 0.6) is 5.75 Å². The molecule has 2 heterocycles. The third-order valence-corrected chi connectivity index (χ3v) is 3.23. The van der Waals surface area contributed by atoms with Gasteiger partial charge < -0.3 is 9.30 Å². The Labute approximate surface area is 112 Å². The summed E-state index contributed by atoms with van der Waals surface area (Å²) in [6, 6.07) is 14.4. The van der Waals surface area contributed by atoms with Crippen molar-refractivity contribution >= 4 is 10.9 Å². The molecule has 0 amide bonds. The number of rotatable bonds is 3. The molecule has 3 nitrogen and oxygen atoms in total. The molecule has 3 aromatic rings. The van der Waals surface area contributed by atoms with Crippen molar-refractivity contribution < 1.29 is 4.74 Å². The molecule has 1 aromatic carbocycles. The van der Waals surface area contributed by atoms with Crippen LogP contribution in [0, 0.1) is 6.92 Å². The van der Waals surface area contributed by atoms with Crippen LogP contribution in [0.2, 0.25) is 0 Å². The normalized spacial score (nSPS) is 10.8. The number of pyridine rings is 1. The summed E-state index contributed by atoms with van der Waals surface area (Å²) in [7, 11) is 1.68. The highest BCUT2D eigenvalue weighted by atomic mass is 16.5. The molecule has 96 valence electrons. The zero-order chi connectivity index (χ0) is 13.2. The Morgan fingerprint density at radius 1 is 1.16 bits per heavy atom. The lowest BCUT2D eigenvalue weighted by Crippen LogP contribution is -2.02. The number of para-hydroxylation sites is 1. The maximum Gasteiger partial charge on any atom is 0.122 e. The van der Waals surface area contributed by atoms with Crippen LogP contribution in [0.3, 0.4) is 0 Å². The van der Waals surface area contributed by atoms with Crippen LogP contribution in [0.25, 0.3) is 10.9 Å². The Hall–Kier alpha value is -2.29. The van der Waals surface area contributed by atoms with E-state index in [9.17, 15) is 0 Å². The van der Waals surface area contributed by atoms with Gasteiger partial charge in [0.25, 0.3) is 0 Å². The maximum absolute atomic E-state index is 5.29. The first-order valence-corrected chi connectivity index (χ1v) is 6.32. The Balaban J connectivity index is 1.99. The third-order valence-electron chi connectivity index (χ3n) is 3.23. The zero-order valence-electron chi connectivity index (χ0n) is 11.1. The molecular formula is C16H16N2O. The second kappa shape index (κ2) is 4.76. The van der Waals surface area contributed by atoms with Crippen LogP contribution in [-0.2, 0) is 6.54 Å². The van der Waals surface area contributed by atoms with Gasteiger partial charge >= 0.3 is 0 Å². The molecule has 0 radical (unpaired) electrons. The van der Waals surface area contributed by atoms with E-state index in [4.69, 9.17) is 4.74 Å². The molecule has 19 heavy (non-hydrogen) atoms. The van der Waals surface area contributed by atoms with Gasteiger partial charge in [-0.15, -0.1) is 0 Å². The minimum atomic E-state index is 0.756. The van der Waals surface area contributed by atoms with E-state index in [-0.39, 0.29) is 0 Å². The predicted octanol–water partition coefficient (Wildman–Crippen LogP) is 3.40. The van der Waals surface area contributed by atoms with Gasteiger partial charge in [-0.05, 0) is 24.4 Å². The van der Waals surface area contributed by atoms with Crippen molar-refractivity contribution in [1.29, 1.82) is 0 Å². The average molecular weight is 252 g/mol. The van der Waals surface area contributed by atoms with Gasteiger partial charge in [0.2, 0.25) is 0 Å². The molecule has 0 saturated carbocycles. The molecular weight excluding hydrogens is 236 g/mol. The summed E-state index contributed by atoms with van der Waals surface area (Å²) in [4.78, 5) is 4.56. The van der Waals surface area contributed by atoms with Gasteiger partial charge in [-0.25, -0.2) is 0 Å². The van der Waals surface area contributed by atoms with Gasteiger partial charge in [0.15, 0.2) is 0 Å². The molecule has 0 bridgehead atoms. The Kier molecular flexibility index (Phi) is 2.95. The molecule has 0 aliphatic heterocycles. The topological polar surface area (TPSA) is 27.1 Å². The van der Waals surface area contributed by atoms with E-state index < -0.39 is 0 Å². The lowest BCUT2D eigenvalue weighted by atomic mass is 10.2. The fraction of sp³-hybridized carbons (Fsp3) is 0.188. The van der Waals surface area contributed by atoms with Crippen LogP contribution < -0.4 is 4.74 Å². The first kappa shape index (κ1) is 11.8. The fourth-order valence-corrected chi connectivity index (χ4v) is 2.35.